The number of rotatable bonds is 7. The van der Waals surface area contributed by atoms with Gasteiger partial charge in [0, 0.05) is 18.5 Å². The molecule has 0 radical (unpaired) electrons. The fourth-order valence-electron chi connectivity index (χ4n) is 1.78. The van der Waals surface area contributed by atoms with Gasteiger partial charge in [-0.3, -0.25) is 0 Å². The van der Waals surface area contributed by atoms with E-state index >= 15 is 0 Å². The number of ether oxygens (including phenoxy) is 1. The van der Waals surface area contributed by atoms with Crippen molar-refractivity contribution in [3.8, 4) is 11.8 Å². The highest BCUT2D eigenvalue weighted by atomic mass is 16.5. The molecule has 1 aromatic rings. The average Bonchev–Trinajstić information content (AvgIpc) is 2.38. The molecule has 0 spiro atoms. The van der Waals surface area contributed by atoms with Crippen LogP contribution < -0.4 is 10.1 Å². The molecule has 3 heteroatoms. The van der Waals surface area contributed by atoms with E-state index in [1.165, 1.54) is 11.1 Å². The maximum atomic E-state index is 8.45. The minimum absolute atomic E-state index is 0.511. The number of methoxy groups -OCH3 is 1. The Labute approximate surface area is 110 Å². The van der Waals surface area contributed by atoms with E-state index in [1.54, 1.807) is 7.11 Å². The third kappa shape index (κ3) is 4.38. The van der Waals surface area contributed by atoms with Gasteiger partial charge in [-0.25, -0.2) is 0 Å². The maximum absolute atomic E-state index is 8.45. The summed E-state index contributed by atoms with van der Waals surface area (Å²) in [5, 5.41) is 11.8. The summed E-state index contributed by atoms with van der Waals surface area (Å²) in [6.07, 6.45) is 1.50. The van der Waals surface area contributed by atoms with Crippen LogP contribution in [0.4, 0.5) is 0 Å². The lowest BCUT2D eigenvalue weighted by molar-refractivity contribution is 0.407. The standard InChI is InChI=1S/C15H22N2O/c1-12(2)13-6-7-14(15(10-13)18-3)11-17-9-5-4-8-16/h6-7,10,12,17H,4-5,9,11H2,1-3H3. The van der Waals surface area contributed by atoms with Crippen molar-refractivity contribution in [2.45, 2.75) is 39.2 Å². The van der Waals surface area contributed by atoms with Gasteiger partial charge >= 0.3 is 0 Å². The second-order valence-corrected chi connectivity index (χ2v) is 4.66. The van der Waals surface area contributed by atoms with E-state index in [9.17, 15) is 0 Å². The van der Waals surface area contributed by atoms with E-state index in [4.69, 9.17) is 10.00 Å². The van der Waals surface area contributed by atoms with Gasteiger partial charge in [-0.1, -0.05) is 26.0 Å². The third-order valence-electron chi connectivity index (χ3n) is 2.94. The lowest BCUT2D eigenvalue weighted by Crippen LogP contribution is -2.15. The van der Waals surface area contributed by atoms with Gasteiger partial charge < -0.3 is 10.1 Å². The zero-order chi connectivity index (χ0) is 13.4. The van der Waals surface area contributed by atoms with E-state index in [0.717, 1.165) is 25.3 Å². The van der Waals surface area contributed by atoms with E-state index in [-0.39, 0.29) is 0 Å². The molecule has 0 amide bonds. The molecular formula is C15H22N2O. The zero-order valence-electron chi connectivity index (χ0n) is 11.5. The lowest BCUT2D eigenvalue weighted by atomic mass is 10.0. The number of nitriles is 1. The molecule has 18 heavy (non-hydrogen) atoms. The molecule has 0 saturated carbocycles. The predicted molar refractivity (Wildman–Crippen MR) is 73.6 cm³/mol. The number of unbranched alkanes of at least 4 members (excludes halogenated alkanes) is 1. The molecule has 1 rings (SSSR count). The van der Waals surface area contributed by atoms with E-state index in [0.29, 0.717) is 12.3 Å². The summed E-state index contributed by atoms with van der Waals surface area (Å²) in [5.74, 6) is 1.45. The predicted octanol–water partition coefficient (Wildman–Crippen LogP) is 3.21. The maximum Gasteiger partial charge on any atom is 0.123 e. The largest absolute Gasteiger partial charge is 0.496 e. The average molecular weight is 246 g/mol. The molecule has 0 aliphatic carbocycles. The fraction of sp³-hybridized carbons (Fsp3) is 0.533. The van der Waals surface area contributed by atoms with E-state index in [2.05, 4.69) is 43.4 Å². The van der Waals surface area contributed by atoms with Crippen molar-refractivity contribution < 1.29 is 4.74 Å². The molecular weight excluding hydrogens is 224 g/mol. The Hall–Kier alpha value is -1.53. The fourth-order valence-corrected chi connectivity index (χ4v) is 1.78. The third-order valence-corrected chi connectivity index (χ3v) is 2.94. The molecule has 98 valence electrons. The van der Waals surface area contributed by atoms with Crippen LogP contribution in [0.15, 0.2) is 18.2 Å². The van der Waals surface area contributed by atoms with Crippen LogP contribution in [-0.4, -0.2) is 13.7 Å². The van der Waals surface area contributed by atoms with Crippen LogP contribution in [0.3, 0.4) is 0 Å². The highest BCUT2D eigenvalue weighted by Crippen LogP contribution is 2.24. The van der Waals surface area contributed by atoms with Gasteiger partial charge in [0.1, 0.15) is 5.75 Å². The number of nitrogens with zero attached hydrogens (tertiary/aromatic N) is 1. The minimum Gasteiger partial charge on any atom is -0.496 e. The second-order valence-electron chi connectivity index (χ2n) is 4.66. The molecule has 0 atom stereocenters. The first-order valence-corrected chi connectivity index (χ1v) is 6.43. The Balaban J connectivity index is 2.57. The molecule has 0 aliphatic rings. The lowest BCUT2D eigenvalue weighted by Gasteiger charge is -2.13. The molecule has 0 fully saturated rings. The molecule has 0 aromatic heterocycles. The van der Waals surface area contributed by atoms with Crippen LogP contribution in [0.1, 0.15) is 43.7 Å². The number of nitrogens with one attached hydrogen (secondary N) is 1. The van der Waals surface area contributed by atoms with Gasteiger partial charge in [0.05, 0.1) is 13.2 Å². The summed E-state index contributed by atoms with van der Waals surface area (Å²) in [6, 6.07) is 8.52. The normalized spacial score (nSPS) is 10.4. The number of hydrogen-bond donors (Lipinski definition) is 1. The van der Waals surface area contributed by atoms with Crippen LogP contribution in [0.5, 0.6) is 5.75 Å². The van der Waals surface area contributed by atoms with Crippen molar-refractivity contribution in [3.63, 3.8) is 0 Å². The monoisotopic (exact) mass is 246 g/mol. The summed E-state index contributed by atoms with van der Waals surface area (Å²) >= 11 is 0. The van der Waals surface area contributed by atoms with Crippen molar-refractivity contribution in [1.82, 2.24) is 5.32 Å². The first kappa shape index (κ1) is 14.5. The van der Waals surface area contributed by atoms with Gasteiger partial charge in [0.15, 0.2) is 0 Å². The Bertz CT molecular complexity index is 407. The van der Waals surface area contributed by atoms with Crippen LogP contribution in [-0.2, 0) is 6.54 Å². The molecule has 1 aromatic carbocycles. The summed E-state index contributed by atoms with van der Waals surface area (Å²) in [6.45, 7) is 6.00. The van der Waals surface area contributed by atoms with Crippen molar-refractivity contribution >= 4 is 0 Å². The van der Waals surface area contributed by atoms with Crippen LogP contribution in [0.2, 0.25) is 0 Å². The highest BCUT2D eigenvalue weighted by Gasteiger charge is 2.06. The van der Waals surface area contributed by atoms with E-state index < -0.39 is 0 Å². The minimum atomic E-state index is 0.511. The summed E-state index contributed by atoms with van der Waals surface area (Å²) < 4.78 is 5.42. The van der Waals surface area contributed by atoms with Crippen molar-refractivity contribution in [2.75, 3.05) is 13.7 Å². The molecule has 0 heterocycles. The molecule has 0 aliphatic heterocycles. The molecule has 3 nitrogen and oxygen atoms in total. The SMILES string of the molecule is COc1cc(C(C)C)ccc1CNCCCC#N. The Morgan fingerprint density at radius 2 is 2.17 bits per heavy atom. The molecule has 1 N–H and O–H groups in total. The van der Waals surface area contributed by atoms with Crippen molar-refractivity contribution in [1.29, 1.82) is 5.26 Å². The first-order valence-electron chi connectivity index (χ1n) is 6.43. The summed E-state index contributed by atoms with van der Waals surface area (Å²) in [4.78, 5) is 0. The smallest absolute Gasteiger partial charge is 0.123 e. The van der Waals surface area contributed by atoms with Gasteiger partial charge in [-0.2, -0.15) is 5.26 Å². The molecule has 0 unspecified atom stereocenters. The number of hydrogen-bond acceptors (Lipinski definition) is 3. The van der Waals surface area contributed by atoms with Crippen molar-refractivity contribution in [3.05, 3.63) is 29.3 Å². The van der Waals surface area contributed by atoms with E-state index in [1.807, 2.05) is 0 Å². The van der Waals surface area contributed by atoms with Crippen LogP contribution in [0, 0.1) is 11.3 Å². The topological polar surface area (TPSA) is 45.0 Å². The van der Waals surface area contributed by atoms with Crippen LogP contribution >= 0.6 is 0 Å². The zero-order valence-corrected chi connectivity index (χ0v) is 11.5. The van der Waals surface area contributed by atoms with Gasteiger partial charge in [-0.15, -0.1) is 0 Å². The summed E-state index contributed by atoms with van der Waals surface area (Å²) in [5.41, 5.74) is 2.46. The Morgan fingerprint density at radius 1 is 1.39 bits per heavy atom. The second kappa shape index (κ2) is 7.73. The highest BCUT2D eigenvalue weighted by molar-refractivity contribution is 5.38. The van der Waals surface area contributed by atoms with Gasteiger partial charge in [-0.05, 0) is 30.5 Å². The quantitative estimate of drug-likeness (QED) is 0.751. The van der Waals surface area contributed by atoms with Gasteiger partial charge in [0.2, 0.25) is 0 Å². The van der Waals surface area contributed by atoms with Crippen LogP contribution in [0.25, 0.3) is 0 Å². The molecule has 0 saturated heterocycles. The summed E-state index contributed by atoms with van der Waals surface area (Å²) in [7, 11) is 1.71. The molecule has 0 bridgehead atoms. The number of benzene rings is 1. The Kier molecular flexibility index (Phi) is 6.24. The van der Waals surface area contributed by atoms with Crippen molar-refractivity contribution in [2.24, 2.45) is 0 Å². The van der Waals surface area contributed by atoms with Gasteiger partial charge in [0.25, 0.3) is 0 Å². The first-order chi connectivity index (χ1) is 8.69. The Morgan fingerprint density at radius 3 is 2.78 bits per heavy atom.